The second kappa shape index (κ2) is 20.2. The van der Waals surface area contributed by atoms with Crippen LogP contribution in [0.2, 0.25) is 0 Å². The van der Waals surface area contributed by atoms with Gasteiger partial charge in [-0.1, -0.05) is 76.2 Å². The summed E-state index contributed by atoms with van der Waals surface area (Å²) in [6, 6.07) is 33.6. The third kappa shape index (κ3) is 13.5. The SMILES string of the molecule is CC(C)(c1ccc(OCC2CO2)cc1)c1ccc(OCC2CO2)cc1.CC(C)(c1ccc(OCCCOCC2CC2)cc1)c1ccc(OCCCOCC2CO2)cc1. The standard InChI is InChI=1S/C28H38O5.C21H24O4/c1-28(2,23-7-11-25(12-8-23)31-17-3-15-29-19-22-5-6-22)24-9-13-26(14-10-24)32-18-4-16-30-20-27-21-33-27;1-21(2,15-3-7-17(8-4-15)22-11-19-13-24-19)16-5-9-18(10-6-16)23-12-20-14-25-20/h7-14,22,27H,3-6,15-21H2,1-2H3;3-10,19-20H,11-14H2,1-2H3. The van der Waals surface area contributed by atoms with Crippen LogP contribution in [0.3, 0.4) is 0 Å². The van der Waals surface area contributed by atoms with E-state index in [1.54, 1.807) is 0 Å². The zero-order valence-electron chi connectivity index (χ0n) is 34.8. The maximum atomic E-state index is 5.88. The molecule has 58 heavy (non-hydrogen) atoms. The minimum Gasteiger partial charge on any atom is -0.494 e. The number of hydrogen-bond donors (Lipinski definition) is 0. The molecule has 4 aromatic rings. The predicted molar refractivity (Wildman–Crippen MR) is 225 cm³/mol. The molecule has 1 saturated carbocycles. The van der Waals surface area contributed by atoms with E-state index < -0.39 is 0 Å². The highest BCUT2D eigenvalue weighted by Gasteiger charge is 2.27. The van der Waals surface area contributed by atoms with Gasteiger partial charge in [0, 0.05) is 43.5 Å². The summed E-state index contributed by atoms with van der Waals surface area (Å²) < 4.78 is 49.9. The Morgan fingerprint density at radius 3 is 1.05 bits per heavy atom. The summed E-state index contributed by atoms with van der Waals surface area (Å²) in [6.07, 6.45) is 5.37. The molecule has 3 saturated heterocycles. The fourth-order valence-electron chi connectivity index (χ4n) is 6.53. The summed E-state index contributed by atoms with van der Waals surface area (Å²) >= 11 is 0. The van der Waals surface area contributed by atoms with Crippen LogP contribution in [0.5, 0.6) is 23.0 Å². The zero-order valence-corrected chi connectivity index (χ0v) is 34.8. The van der Waals surface area contributed by atoms with Gasteiger partial charge in [-0.05, 0) is 89.5 Å². The van der Waals surface area contributed by atoms with Gasteiger partial charge in [0.25, 0.3) is 0 Å². The predicted octanol–water partition coefficient (Wildman–Crippen LogP) is 8.96. The smallest absolute Gasteiger partial charge is 0.119 e. The van der Waals surface area contributed by atoms with E-state index in [1.165, 1.54) is 35.1 Å². The molecule has 4 aromatic carbocycles. The van der Waals surface area contributed by atoms with Crippen molar-refractivity contribution in [3.05, 3.63) is 119 Å². The summed E-state index contributed by atoms with van der Waals surface area (Å²) in [5, 5.41) is 0. The summed E-state index contributed by atoms with van der Waals surface area (Å²) in [5.74, 6) is 4.41. The minimum atomic E-state index is -0.105. The van der Waals surface area contributed by atoms with Crippen LogP contribution in [0.15, 0.2) is 97.1 Å². The van der Waals surface area contributed by atoms with Gasteiger partial charge in [0.15, 0.2) is 0 Å². The summed E-state index contributed by atoms with van der Waals surface area (Å²) in [6.45, 7) is 17.2. The molecule has 9 nitrogen and oxygen atoms in total. The van der Waals surface area contributed by atoms with Crippen LogP contribution in [0.1, 0.15) is 75.6 Å². The second-order valence-corrected chi connectivity index (χ2v) is 16.8. The van der Waals surface area contributed by atoms with Gasteiger partial charge < -0.3 is 42.6 Å². The molecule has 0 aromatic heterocycles. The van der Waals surface area contributed by atoms with Gasteiger partial charge in [-0.25, -0.2) is 0 Å². The quantitative estimate of drug-likeness (QED) is 0.0509. The van der Waals surface area contributed by atoms with Crippen LogP contribution in [0.4, 0.5) is 0 Å². The van der Waals surface area contributed by atoms with Crippen molar-refractivity contribution in [1.82, 2.24) is 0 Å². The lowest BCUT2D eigenvalue weighted by Crippen LogP contribution is -2.18. The Kier molecular flexibility index (Phi) is 14.7. The van der Waals surface area contributed by atoms with Crippen LogP contribution >= 0.6 is 0 Å². The molecule has 0 spiro atoms. The number of hydrogen-bond acceptors (Lipinski definition) is 9. The van der Waals surface area contributed by atoms with Gasteiger partial charge in [0.05, 0.1) is 39.6 Å². The first-order chi connectivity index (χ1) is 28.2. The second-order valence-electron chi connectivity index (χ2n) is 16.8. The third-order valence-electron chi connectivity index (χ3n) is 11.1. The molecular formula is C49H62O9. The van der Waals surface area contributed by atoms with Crippen molar-refractivity contribution in [3.63, 3.8) is 0 Å². The van der Waals surface area contributed by atoms with Crippen molar-refractivity contribution < 1.29 is 42.6 Å². The molecule has 0 bridgehead atoms. The summed E-state index contributed by atoms with van der Waals surface area (Å²) in [7, 11) is 0. The van der Waals surface area contributed by atoms with Crippen LogP contribution in [0.25, 0.3) is 0 Å². The molecule has 4 aliphatic rings. The molecule has 1 aliphatic carbocycles. The van der Waals surface area contributed by atoms with Gasteiger partial charge in [-0.2, -0.15) is 0 Å². The lowest BCUT2D eigenvalue weighted by atomic mass is 9.78. The first kappa shape index (κ1) is 42.0. The third-order valence-corrected chi connectivity index (χ3v) is 11.1. The fourth-order valence-corrected chi connectivity index (χ4v) is 6.53. The topological polar surface area (TPSA) is 93.0 Å². The number of epoxide rings is 3. The molecule has 3 atom stereocenters. The molecule has 0 amide bonds. The van der Waals surface area contributed by atoms with Crippen molar-refractivity contribution in [2.24, 2.45) is 5.92 Å². The van der Waals surface area contributed by atoms with E-state index in [0.29, 0.717) is 45.7 Å². The van der Waals surface area contributed by atoms with Gasteiger partial charge >= 0.3 is 0 Å². The van der Waals surface area contributed by atoms with Crippen molar-refractivity contribution in [1.29, 1.82) is 0 Å². The Bertz CT molecular complexity index is 1660. The minimum absolute atomic E-state index is 0.0870. The van der Waals surface area contributed by atoms with Crippen molar-refractivity contribution in [2.45, 2.75) is 82.5 Å². The highest BCUT2D eigenvalue weighted by Crippen LogP contribution is 2.35. The Morgan fingerprint density at radius 1 is 0.414 bits per heavy atom. The normalized spacial score (nSPS) is 19.4. The molecule has 0 N–H and O–H groups in total. The van der Waals surface area contributed by atoms with Crippen LogP contribution in [0, 0.1) is 5.92 Å². The van der Waals surface area contributed by atoms with E-state index >= 15 is 0 Å². The average Bonchev–Trinajstić information content (AvgIpc) is 4.03. The highest BCUT2D eigenvalue weighted by molar-refractivity contribution is 5.43. The number of ether oxygens (including phenoxy) is 9. The van der Waals surface area contributed by atoms with E-state index in [2.05, 4.69) is 100 Å². The monoisotopic (exact) mass is 794 g/mol. The number of rotatable bonds is 24. The van der Waals surface area contributed by atoms with Crippen LogP contribution < -0.4 is 18.9 Å². The molecule has 312 valence electrons. The van der Waals surface area contributed by atoms with E-state index in [4.69, 9.17) is 42.6 Å². The maximum Gasteiger partial charge on any atom is 0.119 e. The molecular weight excluding hydrogens is 733 g/mol. The largest absolute Gasteiger partial charge is 0.494 e. The molecule has 4 fully saturated rings. The average molecular weight is 795 g/mol. The van der Waals surface area contributed by atoms with Crippen molar-refractivity contribution in [2.75, 3.05) is 72.7 Å². The van der Waals surface area contributed by atoms with Gasteiger partial charge in [0.2, 0.25) is 0 Å². The molecule has 3 aliphatic heterocycles. The maximum absolute atomic E-state index is 5.88. The Hall–Kier alpha value is -4.12. The van der Waals surface area contributed by atoms with E-state index in [-0.39, 0.29) is 23.0 Å². The Labute approximate surface area is 345 Å². The zero-order chi connectivity index (χ0) is 40.2. The molecule has 8 rings (SSSR count). The van der Waals surface area contributed by atoms with Crippen LogP contribution in [-0.4, -0.2) is 91.0 Å². The van der Waals surface area contributed by atoms with Gasteiger partial charge in [0.1, 0.15) is 54.5 Å². The lowest BCUT2D eigenvalue weighted by Gasteiger charge is -2.26. The van der Waals surface area contributed by atoms with E-state index in [0.717, 1.165) is 74.8 Å². The molecule has 9 heteroatoms. The molecule has 3 unspecified atom stereocenters. The van der Waals surface area contributed by atoms with E-state index in [9.17, 15) is 0 Å². The van der Waals surface area contributed by atoms with Crippen molar-refractivity contribution >= 4 is 0 Å². The first-order valence-corrected chi connectivity index (χ1v) is 21.2. The Balaban J connectivity index is 0.000000183. The highest BCUT2D eigenvalue weighted by atomic mass is 16.6. The molecule has 3 heterocycles. The fraction of sp³-hybridized carbons (Fsp3) is 0.510. The van der Waals surface area contributed by atoms with E-state index in [1.807, 2.05) is 24.3 Å². The van der Waals surface area contributed by atoms with Crippen molar-refractivity contribution in [3.8, 4) is 23.0 Å². The first-order valence-electron chi connectivity index (χ1n) is 21.2. The lowest BCUT2D eigenvalue weighted by molar-refractivity contribution is 0.104. The molecule has 0 radical (unpaired) electrons. The van der Waals surface area contributed by atoms with Gasteiger partial charge in [-0.15, -0.1) is 0 Å². The number of benzene rings is 4. The van der Waals surface area contributed by atoms with Gasteiger partial charge in [-0.3, -0.25) is 0 Å². The summed E-state index contributed by atoms with van der Waals surface area (Å²) in [5.41, 5.74) is 4.82. The summed E-state index contributed by atoms with van der Waals surface area (Å²) in [4.78, 5) is 0. The van der Waals surface area contributed by atoms with Crippen LogP contribution in [-0.2, 0) is 34.5 Å². The Morgan fingerprint density at radius 2 is 0.724 bits per heavy atom.